The Kier molecular flexibility index (Phi) is 10.9. The van der Waals surface area contributed by atoms with Crippen molar-refractivity contribution in [3.63, 3.8) is 0 Å². The van der Waals surface area contributed by atoms with Crippen LogP contribution in [-0.4, -0.2) is 4.57 Å². The maximum absolute atomic E-state index is 2.42. The Balaban J connectivity index is 0.867. The maximum atomic E-state index is 2.42. The molecule has 0 fully saturated rings. The summed E-state index contributed by atoms with van der Waals surface area (Å²) in [6.45, 7) is 0. The van der Waals surface area contributed by atoms with E-state index in [9.17, 15) is 0 Å². The van der Waals surface area contributed by atoms with Crippen LogP contribution in [0.4, 0.5) is 0 Å². The zero-order chi connectivity index (χ0) is 49.7. The molecule has 0 saturated carbocycles. The van der Waals surface area contributed by atoms with Gasteiger partial charge in [0.2, 0.25) is 0 Å². The standard InChI is InChI=1S/C74H49N/c1-5-15-50(16-6-1)53-25-27-54(28-26-53)56-33-37-59(38-34-56)73-66-44-41-62(52-19-9-3-10-20-52)49-70(66)74(67-45-42-61(48-69(67)73)51-17-7-2-8-18-51)60-39-35-57(36-40-60)55-29-31-58(32-30-55)63-43-46-72-68(47-63)65-23-13-14-24-71(65)75(72)64-21-11-4-12-22-64/h1-49H. The van der Waals surface area contributed by atoms with Crippen LogP contribution in [0.25, 0.3) is 138 Å². The van der Waals surface area contributed by atoms with E-state index in [0.29, 0.717) is 0 Å². The van der Waals surface area contributed by atoms with Gasteiger partial charge in [-0.3, -0.25) is 0 Å². The van der Waals surface area contributed by atoms with Crippen molar-refractivity contribution in [1.29, 1.82) is 0 Å². The van der Waals surface area contributed by atoms with Gasteiger partial charge in [-0.15, -0.1) is 0 Å². The van der Waals surface area contributed by atoms with Gasteiger partial charge in [-0.25, -0.2) is 0 Å². The average Bonchev–Trinajstić information content (AvgIpc) is 3.83. The van der Waals surface area contributed by atoms with Crippen LogP contribution in [-0.2, 0) is 0 Å². The average molecular weight is 952 g/mol. The molecule has 13 aromatic carbocycles. The quantitative estimate of drug-likeness (QED) is 0.127. The van der Waals surface area contributed by atoms with Gasteiger partial charge < -0.3 is 4.57 Å². The number of hydrogen-bond donors (Lipinski definition) is 0. The number of benzene rings is 13. The first-order chi connectivity index (χ1) is 37.2. The minimum absolute atomic E-state index is 1.17. The van der Waals surface area contributed by atoms with Crippen LogP contribution >= 0.6 is 0 Å². The summed E-state index contributed by atoms with van der Waals surface area (Å²) in [5, 5.41) is 7.43. The lowest BCUT2D eigenvalue weighted by Gasteiger charge is -2.20. The van der Waals surface area contributed by atoms with Crippen LogP contribution < -0.4 is 0 Å². The first kappa shape index (κ1) is 43.9. The van der Waals surface area contributed by atoms with Crippen LogP contribution in [0.2, 0.25) is 0 Å². The van der Waals surface area contributed by atoms with Gasteiger partial charge in [-0.05, 0) is 153 Å². The topological polar surface area (TPSA) is 4.93 Å². The summed E-state index contributed by atoms with van der Waals surface area (Å²) in [6, 6.07) is 109. The number of fused-ring (bicyclic) bond motifs is 5. The van der Waals surface area contributed by atoms with Crippen LogP contribution in [0.3, 0.4) is 0 Å². The van der Waals surface area contributed by atoms with Gasteiger partial charge >= 0.3 is 0 Å². The van der Waals surface area contributed by atoms with Gasteiger partial charge in [0.1, 0.15) is 0 Å². The van der Waals surface area contributed by atoms with Crippen molar-refractivity contribution in [3.05, 3.63) is 297 Å². The Morgan fingerprint density at radius 2 is 0.440 bits per heavy atom. The van der Waals surface area contributed by atoms with E-state index in [0.717, 1.165) is 0 Å². The molecule has 0 aliphatic carbocycles. The molecular weight excluding hydrogens is 903 g/mol. The molecule has 350 valence electrons. The smallest absolute Gasteiger partial charge is 0.0541 e. The van der Waals surface area contributed by atoms with Crippen molar-refractivity contribution < 1.29 is 0 Å². The highest BCUT2D eigenvalue weighted by molar-refractivity contribution is 6.22. The van der Waals surface area contributed by atoms with E-state index >= 15 is 0 Å². The Labute approximate surface area is 437 Å². The number of hydrogen-bond acceptors (Lipinski definition) is 0. The third kappa shape index (κ3) is 7.99. The maximum Gasteiger partial charge on any atom is 0.0541 e. The van der Waals surface area contributed by atoms with E-state index in [-0.39, 0.29) is 0 Å². The van der Waals surface area contributed by atoms with Crippen molar-refractivity contribution in [1.82, 2.24) is 4.57 Å². The van der Waals surface area contributed by atoms with Crippen molar-refractivity contribution in [2.75, 3.05) is 0 Å². The van der Waals surface area contributed by atoms with E-state index < -0.39 is 0 Å². The molecule has 0 bridgehead atoms. The second-order valence-electron chi connectivity index (χ2n) is 19.6. The van der Waals surface area contributed by atoms with E-state index in [1.807, 2.05) is 0 Å². The Hall–Kier alpha value is -9.82. The summed E-state index contributed by atoms with van der Waals surface area (Å²) in [4.78, 5) is 0. The predicted molar refractivity (Wildman–Crippen MR) is 319 cm³/mol. The number of para-hydroxylation sites is 2. The van der Waals surface area contributed by atoms with E-state index in [2.05, 4.69) is 302 Å². The van der Waals surface area contributed by atoms with Gasteiger partial charge in [0, 0.05) is 16.5 Å². The Morgan fingerprint density at radius 1 is 0.160 bits per heavy atom. The molecule has 0 atom stereocenters. The molecule has 0 aliphatic rings. The molecule has 1 nitrogen and oxygen atoms in total. The largest absolute Gasteiger partial charge is 0.309 e. The third-order valence-corrected chi connectivity index (χ3v) is 15.2. The van der Waals surface area contributed by atoms with Gasteiger partial charge in [0.15, 0.2) is 0 Å². The van der Waals surface area contributed by atoms with Crippen molar-refractivity contribution >= 4 is 43.4 Å². The lowest BCUT2D eigenvalue weighted by molar-refractivity contribution is 1.18. The van der Waals surface area contributed by atoms with Gasteiger partial charge in [-0.1, -0.05) is 255 Å². The lowest BCUT2D eigenvalue weighted by Crippen LogP contribution is -1.93. The summed E-state index contributed by atoms with van der Waals surface area (Å²) in [7, 11) is 0. The molecule has 14 rings (SSSR count). The fourth-order valence-electron chi connectivity index (χ4n) is 11.5. The van der Waals surface area contributed by atoms with Crippen LogP contribution in [0.5, 0.6) is 0 Å². The highest BCUT2D eigenvalue weighted by atomic mass is 15.0. The predicted octanol–water partition coefficient (Wildman–Crippen LogP) is 20.4. The molecule has 0 aliphatic heterocycles. The molecule has 0 radical (unpaired) electrons. The van der Waals surface area contributed by atoms with Crippen molar-refractivity contribution in [2.45, 2.75) is 0 Å². The highest BCUT2D eigenvalue weighted by Crippen LogP contribution is 2.47. The summed E-state index contributed by atoms with van der Waals surface area (Å²) in [6.07, 6.45) is 0. The SMILES string of the molecule is c1ccc(-c2ccc(-c3ccc(-c4c5ccc(-c6ccccc6)cc5c(-c5ccc(-c6ccc(-c7ccc8c(c7)c7ccccc7n8-c7ccccc7)cc6)cc5)c5ccc(-c6ccccc6)cc45)cc3)cc2)cc1. The molecular formula is C74H49N. The van der Waals surface area contributed by atoms with Gasteiger partial charge in [-0.2, -0.15) is 0 Å². The first-order valence-corrected chi connectivity index (χ1v) is 25.9. The van der Waals surface area contributed by atoms with Crippen molar-refractivity contribution in [3.8, 4) is 94.7 Å². The first-order valence-electron chi connectivity index (χ1n) is 25.9. The second kappa shape index (κ2) is 18.7. The molecule has 14 aromatic rings. The van der Waals surface area contributed by atoms with E-state index in [1.165, 1.54) is 138 Å². The summed E-state index contributed by atoms with van der Waals surface area (Å²) in [5.74, 6) is 0. The molecule has 75 heavy (non-hydrogen) atoms. The van der Waals surface area contributed by atoms with Crippen LogP contribution in [0.15, 0.2) is 297 Å². The number of aromatic nitrogens is 1. The molecule has 0 spiro atoms. The fourth-order valence-corrected chi connectivity index (χ4v) is 11.5. The zero-order valence-electron chi connectivity index (χ0n) is 41.2. The minimum Gasteiger partial charge on any atom is -0.309 e. The molecule has 0 unspecified atom stereocenters. The van der Waals surface area contributed by atoms with E-state index in [4.69, 9.17) is 0 Å². The molecule has 1 aromatic heterocycles. The lowest BCUT2D eigenvalue weighted by atomic mass is 9.83. The number of rotatable bonds is 9. The second-order valence-corrected chi connectivity index (χ2v) is 19.6. The third-order valence-electron chi connectivity index (χ3n) is 15.2. The Morgan fingerprint density at radius 3 is 0.867 bits per heavy atom. The Bertz CT molecular complexity index is 4370. The van der Waals surface area contributed by atoms with Gasteiger partial charge in [0.05, 0.1) is 11.0 Å². The molecule has 1 heterocycles. The number of nitrogens with zero attached hydrogens (tertiary/aromatic N) is 1. The summed E-state index contributed by atoms with van der Waals surface area (Å²) >= 11 is 0. The summed E-state index contributed by atoms with van der Waals surface area (Å²) in [5.41, 5.74) is 22.9. The molecule has 0 amide bonds. The molecule has 0 saturated heterocycles. The zero-order valence-corrected chi connectivity index (χ0v) is 41.2. The van der Waals surface area contributed by atoms with E-state index in [1.54, 1.807) is 0 Å². The monoisotopic (exact) mass is 951 g/mol. The van der Waals surface area contributed by atoms with Gasteiger partial charge in [0.25, 0.3) is 0 Å². The van der Waals surface area contributed by atoms with Crippen molar-refractivity contribution in [2.24, 2.45) is 0 Å². The molecule has 1 heteroatoms. The minimum atomic E-state index is 1.17. The van der Waals surface area contributed by atoms with Crippen LogP contribution in [0.1, 0.15) is 0 Å². The molecule has 0 N–H and O–H groups in total. The summed E-state index contributed by atoms with van der Waals surface area (Å²) < 4.78 is 2.37. The normalized spacial score (nSPS) is 11.5. The van der Waals surface area contributed by atoms with Crippen LogP contribution in [0, 0.1) is 0 Å². The highest BCUT2D eigenvalue weighted by Gasteiger charge is 2.20. The fraction of sp³-hybridized carbons (Fsp3) is 0.